The molecule has 6 heteroatoms. The highest BCUT2D eigenvalue weighted by atomic mass is 79.9. The second kappa shape index (κ2) is 3.99. The monoisotopic (exact) mass is 306 g/mol. The second-order valence-corrected chi connectivity index (χ2v) is 4.60. The Balaban J connectivity index is 2.22. The van der Waals surface area contributed by atoms with Crippen LogP contribution in [-0.4, -0.2) is 21.2 Å². The minimum absolute atomic E-state index is 0.175. The Morgan fingerprint density at radius 2 is 2.28 bits per heavy atom. The molecule has 2 N–H and O–H groups in total. The number of fused-ring (bicyclic) bond motifs is 1. The van der Waals surface area contributed by atoms with Gasteiger partial charge < -0.3 is 14.6 Å². The van der Waals surface area contributed by atoms with Crippen molar-refractivity contribution in [2.45, 2.75) is 0 Å². The predicted octanol–water partition coefficient (Wildman–Crippen LogP) is 3.28. The number of aromatic nitrogens is 2. The topological polar surface area (TPSA) is 79.1 Å². The van der Waals surface area contributed by atoms with E-state index in [2.05, 4.69) is 26.1 Å². The molecule has 2 heterocycles. The van der Waals surface area contributed by atoms with E-state index >= 15 is 0 Å². The number of hydrogen-bond acceptors (Lipinski definition) is 3. The van der Waals surface area contributed by atoms with Crippen LogP contribution in [0, 0.1) is 0 Å². The van der Waals surface area contributed by atoms with E-state index in [0.29, 0.717) is 5.69 Å². The third-order valence-corrected chi connectivity index (χ3v) is 3.31. The molecule has 0 aliphatic rings. The van der Waals surface area contributed by atoms with E-state index in [9.17, 15) is 4.79 Å². The maximum Gasteiger partial charge on any atom is 0.374 e. The van der Waals surface area contributed by atoms with Gasteiger partial charge in [0.2, 0.25) is 5.76 Å². The van der Waals surface area contributed by atoms with Crippen LogP contribution in [0.25, 0.3) is 22.2 Å². The number of hydrogen-bond donors (Lipinski definition) is 2. The molecule has 0 amide bonds. The van der Waals surface area contributed by atoms with Gasteiger partial charge >= 0.3 is 5.97 Å². The van der Waals surface area contributed by atoms with E-state index in [0.717, 1.165) is 20.9 Å². The maximum atomic E-state index is 10.8. The van der Waals surface area contributed by atoms with Crippen LogP contribution in [0.2, 0.25) is 0 Å². The van der Waals surface area contributed by atoms with E-state index < -0.39 is 5.97 Å². The van der Waals surface area contributed by atoms with E-state index in [1.54, 1.807) is 6.20 Å². The first kappa shape index (κ1) is 11.0. The summed E-state index contributed by atoms with van der Waals surface area (Å²) >= 11 is 3.47. The molecule has 5 nitrogen and oxygen atoms in total. The standard InChI is InChI=1S/C12H7BrN2O3/c13-7-2-1-3-8-11(7)6(5-14-8)9-4-10(12(16)17)18-15-9/h1-5,14H,(H,16,17). The van der Waals surface area contributed by atoms with Gasteiger partial charge in [0.05, 0.1) is 0 Å². The van der Waals surface area contributed by atoms with Gasteiger partial charge in [-0.2, -0.15) is 0 Å². The number of aromatic amines is 1. The molecule has 3 aromatic rings. The van der Waals surface area contributed by atoms with Crippen LogP contribution in [0.1, 0.15) is 10.6 Å². The van der Waals surface area contributed by atoms with Crippen LogP contribution in [0.4, 0.5) is 0 Å². The van der Waals surface area contributed by atoms with Crippen molar-refractivity contribution in [1.82, 2.24) is 10.1 Å². The molecular weight excluding hydrogens is 300 g/mol. The zero-order valence-corrected chi connectivity index (χ0v) is 10.6. The van der Waals surface area contributed by atoms with Crippen molar-refractivity contribution in [2.24, 2.45) is 0 Å². The average molecular weight is 307 g/mol. The molecule has 0 saturated carbocycles. The van der Waals surface area contributed by atoms with Gasteiger partial charge in [-0.25, -0.2) is 4.79 Å². The minimum Gasteiger partial charge on any atom is -0.475 e. The maximum absolute atomic E-state index is 10.8. The molecule has 0 radical (unpaired) electrons. The Morgan fingerprint density at radius 1 is 1.44 bits per heavy atom. The van der Waals surface area contributed by atoms with E-state index in [1.165, 1.54) is 6.07 Å². The highest BCUT2D eigenvalue weighted by molar-refractivity contribution is 9.10. The lowest BCUT2D eigenvalue weighted by atomic mass is 10.1. The smallest absolute Gasteiger partial charge is 0.374 e. The van der Waals surface area contributed by atoms with Gasteiger partial charge in [-0.05, 0) is 12.1 Å². The second-order valence-electron chi connectivity index (χ2n) is 3.75. The Labute approximate surface area is 110 Å². The molecule has 0 spiro atoms. The van der Waals surface area contributed by atoms with Crippen molar-refractivity contribution < 1.29 is 14.4 Å². The number of halogens is 1. The molecule has 1 aromatic carbocycles. The fourth-order valence-electron chi connectivity index (χ4n) is 1.85. The average Bonchev–Trinajstić information content (AvgIpc) is 2.94. The highest BCUT2D eigenvalue weighted by Crippen LogP contribution is 2.33. The van der Waals surface area contributed by atoms with E-state index in [-0.39, 0.29) is 5.76 Å². The minimum atomic E-state index is -1.13. The zero-order chi connectivity index (χ0) is 12.7. The Kier molecular flexibility index (Phi) is 2.45. The molecular formula is C12H7BrN2O3. The van der Waals surface area contributed by atoms with Gasteiger partial charge in [-0.3, -0.25) is 0 Å². The summed E-state index contributed by atoms with van der Waals surface area (Å²) < 4.78 is 5.67. The summed E-state index contributed by atoms with van der Waals surface area (Å²) in [5.41, 5.74) is 2.23. The fraction of sp³-hybridized carbons (Fsp3) is 0. The lowest BCUT2D eigenvalue weighted by Crippen LogP contribution is -1.91. The molecule has 2 aromatic heterocycles. The van der Waals surface area contributed by atoms with Crippen molar-refractivity contribution in [1.29, 1.82) is 0 Å². The number of carboxylic acids is 1. The Hall–Kier alpha value is -2.08. The normalized spacial score (nSPS) is 10.9. The van der Waals surface area contributed by atoms with Crippen molar-refractivity contribution in [3.8, 4) is 11.3 Å². The van der Waals surface area contributed by atoms with Gasteiger partial charge in [0, 0.05) is 33.2 Å². The highest BCUT2D eigenvalue weighted by Gasteiger charge is 2.16. The summed E-state index contributed by atoms with van der Waals surface area (Å²) in [5, 5.41) is 13.5. The van der Waals surface area contributed by atoms with Crippen LogP contribution >= 0.6 is 15.9 Å². The molecule has 3 rings (SSSR count). The number of aromatic carboxylic acids is 1. The van der Waals surface area contributed by atoms with Crippen molar-refractivity contribution in [2.75, 3.05) is 0 Å². The van der Waals surface area contributed by atoms with E-state index in [4.69, 9.17) is 9.63 Å². The van der Waals surface area contributed by atoms with E-state index in [1.807, 2.05) is 18.2 Å². The third kappa shape index (κ3) is 1.62. The van der Waals surface area contributed by atoms with Gasteiger partial charge in [-0.15, -0.1) is 0 Å². The number of nitrogens with one attached hydrogen (secondary N) is 1. The lowest BCUT2D eigenvalue weighted by Gasteiger charge is -1.96. The lowest BCUT2D eigenvalue weighted by molar-refractivity contribution is 0.0652. The van der Waals surface area contributed by atoms with Crippen LogP contribution in [0.5, 0.6) is 0 Å². The van der Waals surface area contributed by atoms with Gasteiger partial charge in [-0.1, -0.05) is 27.2 Å². The molecule has 0 fully saturated rings. The summed E-state index contributed by atoms with van der Waals surface area (Å²) in [6.45, 7) is 0. The summed E-state index contributed by atoms with van der Waals surface area (Å²) in [6, 6.07) is 7.17. The van der Waals surface area contributed by atoms with Crippen LogP contribution in [0.15, 0.2) is 39.5 Å². The molecule has 0 aliphatic heterocycles. The van der Waals surface area contributed by atoms with Crippen LogP contribution < -0.4 is 0 Å². The fourth-order valence-corrected chi connectivity index (χ4v) is 2.42. The number of nitrogens with zero attached hydrogens (tertiary/aromatic N) is 1. The van der Waals surface area contributed by atoms with Crippen molar-refractivity contribution in [3.05, 3.63) is 40.7 Å². The number of H-pyrrole nitrogens is 1. The molecule has 0 bridgehead atoms. The molecule has 0 aliphatic carbocycles. The van der Waals surface area contributed by atoms with Gasteiger partial charge in [0.25, 0.3) is 0 Å². The van der Waals surface area contributed by atoms with Gasteiger partial charge in [0.1, 0.15) is 5.69 Å². The first-order valence-corrected chi connectivity index (χ1v) is 5.92. The third-order valence-electron chi connectivity index (χ3n) is 2.65. The molecule has 90 valence electrons. The number of rotatable bonds is 2. The molecule has 0 atom stereocenters. The summed E-state index contributed by atoms with van der Waals surface area (Å²) in [5.74, 6) is -1.31. The quantitative estimate of drug-likeness (QED) is 0.761. The number of benzene rings is 1. The first-order chi connectivity index (χ1) is 8.66. The zero-order valence-electron chi connectivity index (χ0n) is 8.98. The van der Waals surface area contributed by atoms with Gasteiger partial charge in [0.15, 0.2) is 0 Å². The summed E-state index contributed by atoms with van der Waals surface area (Å²) in [6.07, 6.45) is 1.78. The summed E-state index contributed by atoms with van der Waals surface area (Å²) in [7, 11) is 0. The largest absolute Gasteiger partial charge is 0.475 e. The Bertz CT molecular complexity index is 745. The van der Waals surface area contributed by atoms with Crippen molar-refractivity contribution in [3.63, 3.8) is 0 Å². The molecule has 18 heavy (non-hydrogen) atoms. The molecule has 0 saturated heterocycles. The van der Waals surface area contributed by atoms with Crippen LogP contribution in [0.3, 0.4) is 0 Å². The Morgan fingerprint density at radius 3 is 3.00 bits per heavy atom. The van der Waals surface area contributed by atoms with Crippen LogP contribution in [-0.2, 0) is 0 Å². The number of carboxylic acid groups (broad SMARTS) is 1. The SMILES string of the molecule is O=C(O)c1cc(-c2c[nH]c3cccc(Br)c23)no1. The first-order valence-electron chi connectivity index (χ1n) is 5.13. The van der Waals surface area contributed by atoms with Crippen molar-refractivity contribution >= 4 is 32.8 Å². The molecule has 0 unspecified atom stereocenters. The summed E-state index contributed by atoms with van der Waals surface area (Å²) in [4.78, 5) is 13.9. The predicted molar refractivity (Wildman–Crippen MR) is 68.5 cm³/mol. The number of carbonyl (C=O) groups is 1.